The zero-order valence-electron chi connectivity index (χ0n) is 10.8. The van der Waals surface area contributed by atoms with E-state index in [1.807, 2.05) is 24.3 Å². The van der Waals surface area contributed by atoms with Crippen molar-refractivity contribution in [1.82, 2.24) is 0 Å². The van der Waals surface area contributed by atoms with E-state index in [1.165, 1.54) is 5.56 Å². The molecule has 1 aliphatic heterocycles. The van der Waals surface area contributed by atoms with Gasteiger partial charge in [0.15, 0.2) is 5.78 Å². The van der Waals surface area contributed by atoms with Crippen molar-refractivity contribution in [3.05, 3.63) is 48.0 Å². The summed E-state index contributed by atoms with van der Waals surface area (Å²) in [7, 11) is 1.58. The van der Waals surface area contributed by atoms with Gasteiger partial charge >= 0.3 is 0 Å². The lowest BCUT2D eigenvalue weighted by molar-refractivity contribution is -0.215. The van der Waals surface area contributed by atoms with Crippen molar-refractivity contribution in [2.45, 2.75) is 11.7 Å². The Morgan fingerprint density at radius 3 is 2.79 bits per heavy atom. The number of allylic oxidation sites excluding steroid dienone is 1. The van der Waals surface area contributed by atoms with Crippen molar-refractivity contribution in [2.24, 2.45) is 17.8 Å². The van der Waals surface area contributed by atoms with Crippen molar-refractivity contribution in [3.63, 3.8) is 0 Å². The van der Waals surface area contributed by atoms with Crippen LogP contribution in [0.5, 0.6) is 0 Å². The number of hydrogen-bond acceptors (Lipinski definition) is 3. The molecule has 5 atom stereocenters. The van der Waals surface area contributed by atoms with Gasteiger partial charge in [-0.05, 0) is 5.56 Å². The molecule has 2 fully saturated rings. The smallest absolute Gasteiger partial charge is 0.236 e. The Kier molecular flexibility index (Phi) is 2.26. The van der Waals surface area contributed by atoms with Crippen LogP contribution in [0.25, 0.3) is 0 Å². The van der Waals surface area contributed by atoms with Gasteiger partial charge in [0.05, 0.1) is 6.61 Å². The van der Waals surface area contributed by atoms with Gasteiger partial charge in [-0.1, -0.05) is 42.5 Å². The molecule has 0 N–H and O–H groups in total. The van der Waals surface area contributed by atoms with Gasteiger partial charge in [-0.2, -0.15) is 0 Å². The highest BCUT2D eigenvalue weighted by atomic mass is 16.7. The van der Waals surface area contributed by atoms with Crippen molar-refractivity contribution in [3.8, 4) is 0 Å². The summed E-state index contributed by atoms with van der Waals surface area (Å²) in [6, 6.07) is 10.3. The second-order valence-corrected chi connectivity index (χ2v) is 5.58. The predicted molar refractivity (Wildman–Crippen MR) is 69.5 cm³/mol. The Balaban J connectivity index is 1.83. The predicted octanol–water partition coefficient (Wildman–Crippen LogP) is 2.14. The largest absolute Gasteiger partial charge is 0.347 e. The summed E-state index contributed by atoms with van der Waals surface area (Å²) in [4.78, 5) is 12.7. The summed E-state index contributed by atoms with van der Waals surface area (Å²) in [6.07, 6.45) is 4.17. The van der Waals surface area contributed by atoms with E-state index in [9.17, 15) is 4.79 Å². The molecule has 1 heterocycles. The van der Waals surface area contributed by atoms with E-state index in [4.69, 9.17) is 9.47 Å². The molecular formula is C16H16O3. The zero-order chi connectivity index (χ0) is 13.0. The number of rotatable bonds is 2. The van der Waals surface area contributed by atoms with Gasteiger partial charge < -0.3 is 9.47 Å². The second-order valence-electron chi connectivity index (χ2n) is 5.58. The molecule has 3 nitrogen and oxygen atoms in total. The van der Waals surface area contributed by atoms with E-state index in [1.54, 1.807) is 7.11 Å². The van der Waals surface area contributed by atoms with Gasteiger partial charge in [0.2, 0.25) is 5.79 Å². The Morgan fingerprint density at radius 2 is 2.05 bits per heavy atom. The van der Waals surface area contributed by atoms with Gasteiger partial charge in [0.25, 0.3) is 0 Å². The summed E-state index contributed by atoms with van der Waals surface area (Å²) in [6.45, 7) is 0.602. The molecule has 0 spiro atoms. The number of ketones is 1. The molecule has 5 rings (SSSR count). The van der Waals surface area contributed by atoms with Gasteiger partial charge in [0, 0.05) is 30.8 Å². The molecule has 1 saturated heterocycles. The Bertz CT molecular complexity index is 550. The van der Waals surface area contributed by atoms with E-state index in [0.717, 1.165) is 0 Å². The number of methoxy groups -OCH3 is 1. The van der Waals surface area contributed by atoms with Gasteiger partial charge in [-0.15, -0.1) is 0 Å². The molecule has 4 bridgehead atoms. The fourth-order valence-corrected chi connectivity index (χ4v) is 4.07. The van der Waals surface area contributed by atoms with Crippen LogP contribution in [0.2, 0.25) is 0 Å². The lowest BCUT2D eigenvalue weighted by Crippen LogP contribution is -2.57. The molecule has 19 heavy (non-hydrogen) atoms. The minimum Gasteiger partial charge on any atom is -0.347 e. The first-order valence-corrected chi connectivity index (χ1v) is 6.74. The SMILES string of the molecule is CO[C@@]12OC[C@@H]3[C@@H](c4ccccc4)[C@@H](C=C[C@@H]31)C2=O. The molecule has 0 aromatic heterocycles. The fraction of sp³-hybridized carbons (Fsp3) is 0.438. The first-order valence-electron chi connectivity index (χ1n) is 6.74. The number of hydrogen-bond donors (Lipinski definition) is 0. The summed E-state index contributed by atoms with van der Waals surface area (Å²) >= 11 is 0. The quantitative estimate of drug-likeness (QED) is 0.761. The van der Waals surface area contributed by atoms with Crippen LogP contribution in [0, 0.1) is 17.8 Å². The van der Waals surface area contributed by atoms with Crippen molar-refractivity contribution in [1.29, 1.82) is 0 Å². The topological polar surface area (TPSA) is 35.5 Å². The molecule has 3 heteroatoms. The van der Waals surface area contributed by atoms with Crippen LogP contribution in [0.15, 0.2) is 42.5 Å². The van der Waals surface area contributed by atoms with Gasteiger partial charge in [-0.25, -0.2) is 0 Å². The lowest BCUT2D eigenvalue weighted by atomic mass is 9.59. The van der Waals surface area contributed by atoms with Crippen LogP contribution in [-0.2, 0) is 14.3 Å². The fourth-order valence-electron chi connectivity index (χ4n) is 4.07. The normalized spacial score (nSPS) is 42.9. The third kappa shape index (κ3) is 1.27. The highest BCUT2D eigenvalue weighted by Crippen LogP contribution is 2.57. The van der Waals surface area contributed by atoms with Crippen LogP contribution in [0.4, 0.5) is 0 Å². The molecule has 0 amide bonds. The minimum atomic E-state index is -1.00. The van der Waals surface area contributed by atoms with Crippen LogP contribution >= 0.6 is 0 Å². The van der Waals surface area contributed by atoms with Crippen LogP contribution in [0.3, 0.4) is 0 Å². The summed E-state index contributed by atoms with van der Waals surface area (Å²) < 4.78 is 11.3. The highest BCUT2D eigenvalue weighted by Gasteiger charge is 2.66. The number of carbonyl (C=O) groups is 1. The second kappa shape index (κ2) is 3.78. The lowest BCUT2D eigenvalue weighted by Gasteiger charge is -2.46. The summed E-state index contributed by atoms with van der Waals surface area (Å²) in [5.41, 5.74) is 1.23. The van der Waals surface area contributed by atoms with Crippen LogP contribution in [-0.4, -0.2) is 25.3 Å². The van der Waals surface area contributed by atoms with Gasteiger partial charge in [-0.3, -0.25) is 4.79 Å². The van der Waals surface area contributed by atoms with E-state index in [2.05, 4.69) is 18.2 Å². The third-order valence-electron chi connectivity index (χ3n) is 4.90. The van der Waals surface area contributed by atoms with Gasteiger partial charge in [0.1, 0.15) is 0 Å². The molecule has 1 saturated carbocycles. The maximum absolute atomic E-state index is 12.7. The van der Waals surface area contributed by atoms with E-state index in [-0.39, 0.29) is 23.5 Å². The average Bonchev–Trinajstić information content (AvgIpc) is 2.82. The zero-order valence-corrected chi connectivity index (χ0v) is 10.8. The minimum absolute atomic E-state index is 0.0557. The van der Waals surface area contributed by atoms with Crippen LogP contribution in [0.1, 0.15) is 11.5 Å². The highest BCUT2D eigenvalue weighted by molar-refractivity contribution is 5.94. The molecule has 1 aromatic rings. The Labute approximate surface area is 112 Å². The first kappa shape index (κ1) is 11.4. The molecule has 3 aliphatic carbocycles. The number of carbonyl (C=O) groups excluding carboxylic acids is 1. The molecule has 98 valence electrons. The number of benzene rings is 1. The Hall–Kier alpha value is -1.45. The molecule has 1 aromatic carbocycles. The van der Waals surface area contributed by atoms with E-state index >= 15 is 0 Å². The van der Waals surface area contributed by atoms with Crippen molar-refractivity contribution < 1.29 is 14.3 Å². The molecule has 4 aliphatic rings. The number of Topliss-reactive ketones (excluding diaryl/α,β-unsaturated/α-hetero) is 1. The summed E-state index contributed by atoms with van der Waals surface area (Å²) in [5.74, 6) is -0.398. The summed E-state index contributed by atoms with van der Waals surface area (Å²) in [5, 5.41) is 0. The standard InChI is InChI=1S/C16H16O3/c1-18-16-13-8-7-11(15(16)17)14(12(13)9-19-16)10-5-3-2-4-6-10/h2-8,11-14H,9H2,1H3/t11-,12+,13+,14+,16-/m1/s1. The van der Waals surface area contributed by atoms with Crippen molar-refractivity contribution in [2.75, 3.05) is 13.7 Å². The molecular weight excluding hydrogens is 240 g/mol. The maximum Gasteiger partial charge on any atom is 0.236 e. The number of ether oxygens (including phenoxy) is 2. The average molecular weight is 256 g/mol. The van der Waals surface area contributed by atoms with E-state index < -0.39 is 5.79 Å². The van der Waals surface area contributed by atoms with Crippen LogP contribution < -0.4 is 0 Å². The Morgan fingerprint density at radius 1 is 1.26 bits per heavy atom. The monoisotopic (exact) mass is 256 g/mol. The molecule has 0 unspecified atom stereocenters. The first-order chi connectivity index (χ1) is 9.28. The van der Waals surface area contributed by atoms with Crippen molar-refractivity contribution >= 4 is 5.78 Å². The van der Waals surface area contributed by atoms with E-state index in [0.29, 0.717) is 12.5 Å². The third-order valence-corrected chi connectivity index (χ3v) is 4.90. The maximum atomic E-state index is 12.7. The molecule has 0 radical (unpaired) electrons.